The number of ether oxygens (including phenoxy) is 6. The average Bonchev–Trinajstić information content (AvgIpc) is 2.90. The van der Waals surface area contributed by atoms with Crippen LogP contribution in [-0.2, 0) is 28.4 Å². The molecule has 6 nitrogen and oxygen atoms in total. The SMILES string of the molecule is C1CCC2(CC1)OC[C@H]1OC3(CCCCC3)O[C@@H]3COC4(CCCCC4)O[C@H]3[C@@H]1O2. The highest BCUT2D eigenvalue weighted by Gasteiger charge is 2.58. The van der Waals surface area contributed by atoms with Crippen molar-refractivity contribution in [2.45, 2.75) is 138 Å². The minimum Gasteiger partial charge on any atom is -0.347 e. The van der Waals surface area contributed by atoms with Crippen LogP contribution in [0, 0.1) is 0 Å². The van der Waals surface area contributed by atoms with Crippen LogP contribution in [0.5, 0.6) is 0 Å². The summed E-state index contributed by atoms with van der Waals surface area (Å²) in [5, 5.41) is 0. The molecule has 6 aliphatic rings. The van der Waals surface area contributed by atoms with Gasteiger partial charge in [-0.25, -0.2) is 0 Å². The lowest BCUT2D eigenvalue weighted by atomic mass is 9.89. The molecular weight excluding hydrogens is 384 g/mol. The summed E-state index contributed by atoms with van der Waals surface area (Å²) in [5.74, 6) is -1.45. The first-order valence-corrected chi connectivity index (χ1v) is 12.7. The van der Waals surface area contributed by atoms with E-state index in [9.17, 15) is 0 Å². The van der Waals surface area contributed by atoms with E-state index in [1.807, 2.05) is 0 Å². The second-order valence-electron chi connectivity index (χ2n) is 10.5. The smallest absolute Gasteiger partial charge is 0.169 e. The Morgan fingerprint density at radius 2 is 0.767 bits per heavy atom. The van der Waals surface area contributed by atoms with E-state index < -0.39 is 17.4 Å². The van der Waals surface area contributed by atoms with Gasteiger partial charge in [0.1, 0.15) is 24.4 Å². The number of fused-ring (bicyclic) bond motifs is 3. The van der Waals surface area contributed by atoms with Crippen LogP contribution < -0.4 is 0 Å². The third-order valence-corrected chi connectivity index (χ3v) is 8.36. The fourth-order valence-electron chi connectivity index (χ4n) is 6.74. The maximum absolute atomic E-state index is 6.83. The zero-order chi connectivity index (χ0) is 20.1. The summed E-state index contributed by atoms with van der Waals surface area (Å²) in [6.45, 7) is 1.16. The Hall–Kier alpha value is -0.240. The van der Waals surface area contributed by atoms with E-state index in [-0.39, 0.29) is 24.4 Å². The summed E-state index contributed by atoms with van der Waals surface area (Å²) in [6.07, 6.45) is 16.0. The summed E-state index contributed by atoms with van der Waals surface area (Å²) < 4.78 is 39.9. The minimum atomic E-state index is -0.534. The van der Waals surface area contributed by atoms with Gasteiger partial charge in [0.05, 0.1) is 13.2 Å². The van der Waals surface area contributed by atoms with E-state index in [4.69, 9.17) is 28.4 Å². The van der Waals surface area contributed by atoms with Crippen molar-refractivity contribution in [3.05, 3.63) is 0 Å². The first-order valence-electron chi connectivity index (χ1n) is 12.7. The highest BCUT2D eigenvalue weighted by Crippen LogP contribution is 2.48. The normalized spacial score (nSPS) is 42.4. The van der Waals surface area contributed by atoms with E-state index in [2.05, 4.69) is 0 Å². The van der Waals surface area contributed by atoms with Crippen LogP contribution in [0.25, 0.3) is 0 Å². The Balaban J connectivity index is 1.31. The third kappa shape index (κ3) is 3.65. The molecule has 6 fully saturated rings. The van der Waals surface area contributed by atoms with Crippen molar-refractivity contribution in [1.82, 2.24) is 0 Å². The van der Waals surface area contributed by atoms with Crippen LogP contribution in [0.15, 0.2) is 0 Å². The van der Waals surface area contributed by atoms with Gasteiger partial charge in [-0.05, 0) is 38.5 Å². The van der Waals surface area contributed by atoms with Crippen molar-refractivity contribution >= 4 is 0 Å². The predicted molar refractivity (Wildman–Crippen MR) is 109 cm³/mol. The Morgan fingerprint density at radius 3 is 1.17 bits per heavy atom. The van der Waals surface area contributed by atoms with Crippen LogP contribution in [0.4, 0.5) is 0 Å². The van der Waals surface area contributed by atoms with Crippen molar-refractivity contribution in [1.29, 1.82) is 0 Å². The minimum absolute atomic E-state index is 0.135. The van der Waals surface area contributed by atoms with Crippen molar-refractivity contribution in [2.24, 2.45) is 0 Å². The molecule has 3 spiro atoms. The predicted octanol–water partition coefficient (Wildman–Crippen LogP) is 4.58. The molecule has 6 rings (SSSR count). The molecule has 3 saturated carbocycles. The van der Waals surface area contributed by atoms with E-state index in [0.717, 1.165) is 51.4 Å². The maximum atomic E-state index is 6.83. The number of hydrogen-bond donors (Lipinski definition) is 0. The number of hydrogen-bond acceptors (Lipinski definition) is 6. The van der Waals surface area contributed by atoms with Gasteiger partial charge in [-0.3, -0.25) is 0 Å². The first kappa shape index (κ1) is 20.4. The van der Waals surface area contributed by atoms with Gasteiger partial charge in [0, 0.05) is 38.5 Å². The highest BCUT2D eigenvalue weighted by atomic mass is 16.8. The van der Waals surface area contributed by atoms with Crippen LogP contribution in [-0.4, -0.2) is 55.0 Å². The molecule has 3 saturated heterocycles. The second kappa shape index (κ2) is 7.96. The van der Waals surface area contributed by atoms with Gasteiger partial charge >= 0.3 is 0 Å². The molecular formula is C24H38O6. The largest absolute Gasteiger partial charge is 0.347 e. The third-order valence-electron chi connectivity index (χ3n) is 8.36. The second-order valence-corrected chi connectivity index (χ2v) is 10.5. The fourth-order valence-corrected chi connectivity index (χ4v) is 6.74. The van der Waals surface area contributed by atoms with Crippen LogP contribution in [0.2, 0.25) is 0 Å². The number of rotatable bonds is 0. The van der Waals surface area contributed by atoms with Gasteiger partial charge in [-0.15, -0.1) is 0 Å². The lowest BCUT2D eigenvalue weighted by molar-refractivity contribution is -0.384. The van der Waals surface area contributed by atoms with Crippen molar-refractivity contribution in [3.63, 3.8) is 0 Å². The van der Waals surface area contributed by atoms with Gasteiger partial charge in [-0.1, -0.05) is 19.3 Å². The molecule has 0 aromatic heterocycles. The van der Waals surface area contributed by atoms with Crippen molar-refractivity contribution in [2.75, 3.05) is 13.2 Å². The highest BCUT2D eigenvalue weighted by molar-refractivity contribution is 5.00. The molecule has 0 bridgehead atoms. The van der Waals surface area contributed by atoms with Crippen molar-refractivity contribution < 1.29 is 28.4 Å². The quantitative estimate of drug-likeness (QED) is 0.569. The summed E-state index contributed by atoms with van der Waals surface area (Å²) in [5.41, 5.74) is 0. The zero-order valence-corrected chi connectivity index (χ0v) is 18.3. The van der Waals surface area contributed by atoms with Gasteiger partial charge in [-0.2, -0.15) is 0 Å². The Bertz CT molecular complexity index is 559. The maximum Gasteiger partial charge on any atom is 0.169 e. The van der Waals surface area contributed by atoms with Gasteiger partial charge in [0.2, 0.25) is 0 Å². The van der Waals surface area contributed by atoms with Crippen LogP contribution in [0.1, 0.15) is 96.3 Å². The average molecular weight is 423 g/mol. The zero-order valence-electron chi connectivity index (χ0n) is 18.3. The lowest BCUT2D eigenvalue weighted by Crippen LogP contribution is -2.63. The standard InChI is InChI=1S/C24H38O6/c1-4-10-22(11-5-1)25-16-18-20(29-22)21-19(28-24(27-18)14-8-3-9-15-24)17-26-23(30-21)12-6-2-7-13-23/h18-21H,1-17H2/t18-,19-,20-,21-/m1/s1. The monoisotopic (exact) mass is 422 g/mol. The van der Waals surface area contributed by atoms with Gasteiger partial charge in [0.15, 0.2) is 17.4 Å². The van der Waals surface area contributed by atoms with E-state index in [0.29, 0.717) is 13.2 Å². The van der Waals surface area contributed by atoms with Gasteiger partial charge in [0.25, 0.3) is 0 Å². The fraction of sp³-hybridized carbons (Fsp3) is 1.00. The molecule has 3 aliphatic carbocycles. The summed E-state index contributed by atoms with van der Waals surface area (Å²) in [6, 6.07) is 0. The molecule has 0 radical (unpaired) electrons. The molecule has 3 heterocycles. The summed E-state index contributed by atoms with van der Waals surface area (Å²) >= 11 is 0. The van der Waals surface area contributed by atoms with E-state index >= 15 is 0 Å². The molecule has 0 unspecified atom stereocenters. The molecule has 0 aromatic carbocycles. The molecule has 3 aliphatic heterocycles. The summed E-state index contributed by atoms with van der Waals surface area (Å²) in [7, 11) is 0. The summed E-state index contributed by atoms with van der Waals surface area (Å²) in [4.78, 5) is 0. The van der Waals surface area contributed by atoms with Crippen molar-refractivity contribution in [3.8, 4) is 0 Å². The molecule has 6 heteroatoms. The van der Waals surface area contributed by atoms with Gasteiger partial charge < -0.3 is 28.4 Å². The molecule has 0 aromatic rings. The Kier molecular flexibility index (Phi) is 5.41. The molecule has 4 atom stereocenters. The van der Waals surface area contributed by atoms with Crippen LogP contribution in [0.3, 0.4) is 0 Å². The topological polar surface area (TPSA) is 55.4 Å². The van der Waals surface area contributed by atoms with E-state index in [1.165, 1.54) is 44.9 Å². The van der Waals surface area contributed by atoms with Crippen LogP contribution >= 0.6 is 0 Å². The Morgan fingerprint density at radius 1 is 0.400 bits per heavy atom. The Labute approximate surface area is 180 Å². The lowest BCUT2D eigenvalue weighted by Gasteiger charge is -2.51. The molecule has 30 heavy (non-hydrogen) atoms. The molecule has 0 amide bonds. The molecule has 170 valence electrons. The van der Waals surface area contributed by atoms with E-state index in [1.54, 1.807) is 0 Å². The molecule has 0 N–H and O–H groups in total. The first-order chi connectivity index (χ1) is 14.7.